The van der Waals surface area contributed by atoms with Gasteiger partial charge in [0.05, 0.1) is 37.5 Å². The zero-order chi connectivity index (χ0) is 28.3. The van der Waals surface area contributed by atoms with Gasteiger partial charge in [0, 0.05) is 33.0 Å². The molecule has 2 heterocycles. The fourth-order valence-electron chi connectivity index (χ4n) is 4.52. The normalized spacial score (nSPS) is 26.9. The third-order valence-electron chi connectivity index (χ3n) is 6.43. The van der Waals surface area contributed by atoms with Gasteiger partial charge in [-0.15, -0.1) is 0 Å². The van der Waals surface area contributed by atoms with Crippen molar-refractivity contribution < 1.29 is 47.1 Å². The molecule has 13 nitrogen and oxygen atoms in total. The van der Waals surface area contributed by atoms with Gasteiger partial charge < -0.3 is 39.5 Å². The van der Waals surface area contributed by atoms with E-state index < -0.39 is 38.8 Å². The largest absolute Gasteiger partial charge is 0.472 e. The molecule has 0 aliphatic carbocycles. The van der Waals surface area contributed by atoms with Crippen LogP contribution in [0.2, 0.25) is 0 Å². The first-order chi connectivity index (χ1) is 17.9. The number of carbonyl (C=O) groups is 2. The number of likely N-dealkylation sites (tertiary alicyclic amines) is 2. The number of carbonyl (C=O) groups excluding carboxylic acids is 2. The molecule has 2 aliphatic heterocycles. The molecular formula is C21H41N3O10P2S2. The lowest BCUT2D eigenvalue weighted by Gasteiger charge is -2.26. The van der Waals surface area contributed by atoms with Gasteiger partial charge in [-0.3, -0.25) is 18.6 Å². The molecule has 5 N–H and O–H groups in total. The fourth-order valence-corrected chi connectivity index (χ4v) is 6.27. The van der Waals surface area contributed by atoms with Gasteiger partial charge in [0.25, 0.3) is 0 Å². The number of unbranched alkanes of at least 4 members (excludes halogenated alkanes) is 2. The maximum absolute atomic E-state index is 12.9. The van der Waals surface area contributed by atoms with E-state index in [2.05, 4.69) is 12.6 Å². The molecule has 2 aliphatic rings. The molecule has 0 radical (unpaired) electrons. The highest BCUT2D eigenvalue weighted by molar-refractivity contribution is 8.07. The Labute approximate surface area is 234 Å². The number of hydrogen-bond donors (Lipinski definition) is 5. The first-order valence-electron chi connectivity index (χ1n) is 12.7. The van der Waals surface area contributed by atoms with Crippen LogP contribution in [-0.4, -0.2) is 107 Å². The average molecular weight is 622 g/mol. The number of aliphatic hydroxyl groups excluding tert-OH is 1. The van der Waals surface area contributed by atoms with E-state index in [-0.39, 0.29) is 63.8 Å². The second-order valence-electron chi connectivity index (χ2n) is 9.39. The molecular weight excluding hydrogens is 580 g/mol. The van der Waals surface area contributed by atoms with Gasteiger partial charge in [-0.1, -0.05) is 6.42 Å². The van der Waals surface area contributed by atoms with Gasteiger partial charge in [0.15, 0.2) is 0 Å². The van der Waals surface area contributed by atoms with Crippen LogP contribution in [0.5, 0.6) is 0 Å². The minimum absolute atomic E-state index is 0.0232. The number of amides is 2. The summed E-state index contributed by atoms with van der Waals surface area (Å²) in [4.78, 5) is 48.6. The highest BCUT2D eigenvalue weighted by Gasteiger charge is 2.41. The molecule has 2 fully saturated rings. The van der Waals surface area contributed by atoms with E-state index in [1.165, 1.54) is 16.9 Å². The molecule has 2 amide bonds. The van der Waals surface area contributed by atoms with E-state index in [1.54, 1.807) is 0 Å². The Morgan fingerprint density at radius 3 is 2.24 bits per heavy atom. The maximum Gasteiger partial charge on any atom is 0.472 e. The van der Waals surface area contributed by atoms with Crippen LogP contribution >= 0.6 is 27.2 Å². The molecule has 0 saturated carbocycles. The van der Waals surface area contributed by atoms with E-state index in [0.717, 1.165) is 12.8 Å². The molecule has 17 heteroatoms. The molecule has 0 spiro atoms. The first kappa shape index (κ1) is 34.1. The summed E-state index contributed by atoms with van der Waals surface area (Å²) < 4.78 is 33.5. The number of rotatable bonds is 17. The number of aliphatic hydroxyl groups is 1. The number of nitrogens with two attached hydrogens (primary N) is 1. The van der Waals surface area contributed by atoms with Crippen LogP contribution in [0.4, 0.5) is 0 Å². The maximum atomic E-state index is 12.9. The molecule has 2 rings (SSSR count). The number of nitrogens with zero attached hydrogens (tertiary/aromatic N) is 2. The van der Waals surface area contributed by atoms with Crippen LogP contribution in [0.25, 0.3) is 0 Å². The first-order valence-corrected chi connectivity index (χ1v) is 17.4. The standard InChI is InChI=1S/C21H41N3O10P2S2/c1-31-36(30,38)33-15-17-11-19(13-24(17)20(26)6-3-2-4-8-22)34-35(28,29)32-14-16-10-18(25)12-23(16)21(27)7-5-9-37/h16-19,25,37H,2-15,22H2,1H3,(H,28,29)(H,30,38)/t16-,17-,18+,19?,36?/m0/s1. The molecule has 222 valence electrons. The quantitative estimate of drug-likeness (QED) is 0.0890. The van der Waals surface area contributed by atoms with E-state index >= 15 is 0 Å². The molecule has 0 aromatic rings. The van der Waals surface area contributed by atoms with Gasteiger partial charge in [-0.2, -0.15) is 12.6 Å². The zero-order valence-electron chi connectivity index (χ0n) is 21.6. The van der Waals surface area contributed by atoms with Crippen LogP contribution < -0.4 is 5.73 Å². The van der Waals surface area contributed by atoms with Gasteiger partial charge in [0.1, 0.15) is 0 Å². The number of phosphoric acid groups is 1. The Morgan fingerprint density at radius 1 is 1.00 bits per heavy atom. The number of β-amino-alcohol motifs (C(OH)–C–C–N with tert-alkyl or cyclic N) is 1. The molecule has 3 unspecified atom stereocenters. The Hall–Kier alpha value is -0.150. The Balaban J connectivity index is 1.97. The summed E-state index contributed by atoms with van der Waals surface area (Å²) in [7, 11) is -3.35. The third kappa shape index (κ3) is 11.4. The Bertz CT molecular complexity index is 873. The minimum atomic E-state index is -4.57. The average Bonchev–Trinajstić information content (AvgIpc) is 3.45. The van der Waals surface area contributed by atoms with Crippen LogP contribution in [0.15, 0.2) is 0 Å². The van der Waals surface area contributed by atoms with E-state index in [4.69, 9.17) is 35.6 Å². The second kappa shape index (κ2) is 16.3. The summed E-state index contributed by atoms with van der Waals surface area (Å²) in [5, 5.41) is 10.0. The lowest BCUT2D eigenvalue weighted by molar-refractivity contribution is -0.133. The summed E-state index contributed by atoms with van der Waals surface area (Å²) in [5.74, 6) is 0.176. The molecule has 38 heavy (non-hydrogen) atoms. The van der Waals surface area contributed by atoms with Crippen LogP contribution in [-0.2, 0) is 44.1 Å². The highest BCUT2D eigenvalue weighted by Crippen LogP contribution is 2.48. The monoisotopic (exact) mass is 621 g/mol. The van der Waals surface area contributed by atoms with Crippen molar-refractivity contribution in [3.8, 4) is 0 Å². The third-order valence-corrected chi connectivity index (χ3v) is 9.48. The van der Waals surface area contributed by atoms with Crippen molar-refractivity contribution in [1.29, 1.82) is 0 Å². The topological polar surface area (TPSA) is 181 Å². The predicted octanol–water partition coefficient (Wildman–Crippen LogP) is 1.16. The van der Waals surface area contributed by atoms with E-state index in [0.29, 0.717) is 25.1 Å². The van der Waals surface area contributed by atoms with Gasteiger partial charge in [0.2, 0.25) is 11.8 Å². The van der Waals surface area contributed by atoms with Crippen molar-refractivity contribution >= 4 is 50.8 Å². The number of hydrogen-bond acceptors (Lipinski definition) is 11. The van der Waals surface area contributed by atoms with Crippen molar-refractivity contribution in [2.24, 2.45) is 5.73 Å². The summed E-state index contributed by atoms with van der Waals surface area (Å²) in [6, 6.07) is -1.13. The number of thiol groups is 1. The minimum Gasteiger partial charge on any atom is -0.391 e. The smallest absolute Gasteiger partial charge is 0.391 e. The SMILES string of the molecule is COP(O)(=S)OC[C@@H]1CC(OP(=O)(O)OC[C@@H]2C[C@@H](O)CN2C(=O)CCCS)CN1C(=O)CCCCCN. The second-order valence-corrected chi connectivity index (χ2v) is 14.2. The summed E-state index contributed by atoms with van der Waals surface area (Å²) in [5.41, 5.74) is 5.51. The Morgan fingerprint density at radius 2 is 1.61 bits per heavy atom. The van der Waals surface area contributed by atoms with Crippen molar-refractivity contribution in [1.82, 2.24) is 9.80 Å². The van der Waals surface area contributed by atoms with Gasteiger partial charge in [-0.05, 0) is 56.2 Å². The molecule has 0 bridgehead atoms. The van der Waals surface area contributed by atoms with Crippen molar-refractivity contribution in [3.05, 3.63) is 0 Å². The number of phosphoric ester groups is 1. The highest BCUT2D eigenvalue weighted by atomic mass is 32.5. The van der Waals surface area contributed by atoms with Crippen molar-refractivity contribution in [3.63, 3.8) is 0 Å². The fraction of sp³-hybridized carbons (Fsp3) is 0.905. The Kier molecular flexibility index (Phi) is 14.6. The molecule has 6 atom stereocenters. The van der Waals surface area contributed by atoms with Gasteiger partial charge in [-0.25, -0.2) is 4.57 Å². The van der Waals surface area contributed by atoms with Crippen molar-refractivity contribution in [2.45, 2.75) is 75.7 Å². The van der Waals surface area contributed by atoms with Crippen LogP contribution in [0.3, 0.4) is 0 Å². The van der Waals surface area contributed by atoms with Crippen molar-refractivity contribution in [2.75, 3.05) is 45.7 Å². The molecule has 0 aromatic heterocycles. The van der Waals surface area contributed by atoms with E-state index in [1.807, 2.05) is 0 Å². The summed E-state index contributed by atoms with van der Waals surface area (Å²) in [6.07, 6.45) is 2.10. The summed E-state index contributed by atoms with van der Waals surface area (Å²) >= 11 is 8.97. The zero-order valence-corrected chi connectivity index (χ0v) is 25.1. The lowest BCUT2D eigenvalue weighted by Crippen LogP contribution is -2.38. The van der Waals surface area contributed by atoms with Crippen LogP contribution in [0, 0.1) is 0 Å². The van der Waals surface area contributed by atoms with Gasteiger partial charge >= 0.3 is 14.5 Å². The van der Waals surface area contributed by atoms with E-state index in [9.17, 15) is 29.0 Å². The summed E-state index contributed by atoms with van der Waals surface area (Å²) in [6.45, 7) is -3.20. The molecule has 2 saturated heterocycles. The van der Waals surface area contributed by atoms with Crippen LogP contribution in [0.1, 0.15) is 51.4 Å². The predicted molar refractivity (Wildman–Crippen MR) is 147 cm³/mol. The lowest BCUT2D eigenvalue weighted by atomic mass is 10.1. The molecule has 0 aromatic carbocycles.